The number of amides is 1. The van der Waals surface area contributed by atoms with Crippen LogP contribution in [0.5, 0.6) is 0 Å². The van der Waals surface area contributed by atoms with E-state index in [1.807, 2.05) is 0 Å². The van der Waals surface area contributed by atoms with E-state index < -0.39 is 0 Å². The normalized spacial score (nSPS) is 8.12. The van der Waals surface area contributed by atoms with Gasteiger partial charge in [0.25, 0.3) is 0 Å². The third kappa shape index (κ3) is 2.29. The standard InChI is InChI=1S/C6H9NO/c1-4-7-6(8)5(2)3/h1-2,4H2,3H3/p+1. The van der Waals surface area contributed by atoms with Crippen LogP contribution >= 0.6 is 0 Å². The van der Waals surface area contributed by atoms with Gasteiger partial charge in [0.2, 0.25) is 5.91 Å². The lowest BCUT2D eigenvalue weighted by atomic mass is 10.3. The number of nitrogens with one attached hydrogen (secondary N) is 1. The Morgan fingerprint density at radius 2 is 2.38 bits per heavy atom. The molecule has 0 unspecified atom stereocenters. The van der Waals surface area contributed by atoms with Crippen molar-refractivity contribution in [3.05, 3.63) is 19.1 Å². The Morgan fingerprint density at radius 1 is 1.88 bits per heavy atom. The molecule has 0 aromatic carbocycles. The van der Waals surface area contributed by atoms with Gasteiger partial charge in [-0.1, -0.05) is 6.58 Å². The third-order valence-electron chi connectivity index (χ3n) is 0.673. The molecule has 0 saturated heterocycles. The maximum atomic E-state index is 10.5. The topological polar surface area (TPSA) is 29.1 Å². The Bertz CT molecular complexity index is 107. The van der Waals surface area contributed by atoms with Crippen molar-refractivity contribution in [2.75, 3.05) is 6.54 Å². The zero-order valence-corrected chi connectivity index (χ0v) is 5.03. The first-order valence-electron chi connectivity index (χ1n) is 2.41. The molecule has 0 rings (SSSR count). The number of rotatable bonds is 2. The Morgan fingerprint density at radius 3 is 2.50 bits per heavy atom. The molecule has 0 aliphatic heterocycles. The molecule has 0 bridgehead atoms. The van der Waals surface area contributed by atoms with Crippen molar-refractivity contribution in [2.45, 2.75) is 6.92 Å². The summed E-state index contributed by atoms with van der Waals surface area (Å²) in [6.45, 7) is 8.95. The molecule has 0 saturated carbocycles. The Labute approximate surface area is 49.6 Å². The van der Waals surface area contributed by atoms with Gasteiger partial charge >= 0.3 is 0 Å². The molecular formula is C6H10NO+. The summed E-state index contributed by atoms with van der Waals surface area (Å²) in [5, 5.41) is 2.50. The van der Waals surface area contributed by atoms with Crippen LogP contribution in [0, 0.1) is 6.92 Å². The predicted molar refractivity (Wildman–Crippen MR) is 33.2 cm³/mol. The Hall–Kier alpha value is -0.920. The predicted octanol–water partition coefficient (Wildman–Crippen LogP) is 0.513. The molecule has 0 spiro atoms. The highest BCUT2D eigenvalue weighted by Gasteiger charge is 1.97. The van der Waals surface area contributed by atoms with Gasteiger partial charge < -0.3 is 5.32 Å². The molecular weight excluding hydrogens is 102 g/mol. The van der Waals surface area contributed by atoms with Gasteiger partial charge in [-0.25, -0.2) is 0 Å². The first-order chi connectivity index (χ1) is 3.68. The molecule has 0 radical (unpaired) electrons. The summed E-state index contributed by atoms with van der Waals surface area (Å²) in [7, 11) is 0. The van der Waals surface area contributed by atoms with E-state index in [0.717, 1.165) is 0 Å². The average molecular weight is 112 g/mol. The second kappa shape index (κ2) is 3.13. The highest BCUT2D eigenvalue weighted by atomic mass is 16.1. The minimum absolute atomic E-state index is 0.125. The molecule has 8 heavy (non-hydrogen) atoms. The fourth-order valence-corrected chi connectivity index (χ4v) is 0.264. The van der Waals surface area contributed by atoms with Crippen molar-refractivity contribution in [1.82, 2.24) is 5.32 Å². The smallest absolute Gasteiger partial charge is 0.249 e. The van der Waals surface area contributed by atoms with Gasteiger partial charge in [-0.15, -0.1) is 0 Å². The number of carbonyl (C=O) groups is 1. The van der Waals surface area contributed by atoms with Crippen LogP contribution in [-0.4, -0.2) is 12.5 Å². The van der Waals surface area contributed by atoms with Crippen LogP contribution in [0.1, 0.15) is 6.92 Å². The van der Waals surface area contributed by atoms with Gasteiger partial charge in [0.05, 0.1) is 6.92 Å². The van der Waals surface area contributed by atoms with Crippen LogP contribution in [0.2, 0.25) is 0 Å². The van der Waals surface area contributed by atoms with Crippen molar-refractivity contribution in [1.29, 1.82) is 0 Å². The summed E-state index contributed by atoms with van der Waals surface area (Å²) >= 11 is 0. The van der Waals surface area contributed by atoms with Crippen molar-refractivity contribution in [3.63, 3.8) is 0 Å². The summed E-state index contributed by atoms with van der Waals surface area (Å²) in [6.07, 6.45) is 0. The summed E-state index contributed by atoms with van der Waals surface area (Å²) in [6, 6.07) is 0. The van der Waals surface area contributed by atoms with Crippen LogP contribution in [0.25, 0.3) is 0 Å². The summed E-state index contributed by atoms with van der Waals surface area (Å²) < 4.78 is 0. The lowest BCUT2D eigenvalue weighted by Crippen LogP contribution is -2.22. The minimum atomic E-state index is -0.125. The summed E-state index contributed by atoms with van der Waals surface area (Å²) in [5.74, 6) is -0.125. The monoisotopic (exact) mass is 112 g/mol. The highest BCUT2D eigenvalue weighted by Crippen LogP contribution is 1.82. The molecule has 0 atom stereocenters. The number of hydrogen-bond donors (Lipinski definition) is 1. The first kappa shape index (κ1) is 7.08. The van der Waals surface area contributed by atoms with E-state index in [1.165, 1.54) is 0 Å². The van der Waals surface area contributed by atoms with E-state index in [2.05, 4.69) is 18.8 Å². The SMILES string of the molecule is C=C(C)C(=O)NC[CH2+]. The maximum absolute atomic E-state index is 10.5. The van der Waals surface area contributed by atoms with Crippen LogP contribution in [0.3, 0.4) is 0 Å². The minimum Gasteiger partial charge on any atom is -0.314 e. The molecule has 2 heteroatoms. The Kier molecular flexibility index (Phi) is 2.77. The third-order valence-corrected chi connectivity index (χ3v) is 0.673. The summed E-state index contributed by atoms with van der Waals surface area (Å²) in [5.41, 5.74) is 0.522. The maximum Gasteiger partial charge on any atom is 0.249 e. The van der Waals surface area contributed by atoms with E-state index in [1.54, 1.807) is 6.92 Å². The van der Waals surface area contributed by atoms with Gasteiger partial charge in [-0.05, 0) is 6.92 Å². The van der Waals surface area contributed by atoms with E-state index >= 15 is 0 Å². The van der Waals surface area contributed by atoms with Crippen molar-refractivity contribution >= 4 is 5.91 Å². The molecule has 44 valence electrons. The fraction of sp³-hybridized carbons (Fsp3) is 0.333. The van der Waals surface area contributed by atoms with E-state index in [4.69, 9.17) is 0 Å². The fourth-order valence-electron chi connectivity index (χ4n) is 0.264. The highest BCUT2D eigenvalue weighted by molar-refractivity contribution is 5.92. The van der Waals surface area contributed by atoms with E-state index in [-0.39, 0.29) is 5.91 Å². The molecule has 0 aromatic rings. The first-order valence-corrected chi connectivity index (χ1v) is 2.41. The zero-order chi connectivity index (χ0) is 6.57. The number of carbonyl (C=O) groups excluding carboxylic acids is 1. The second-order valence-corrected chi connectivity index (χ2v) is 1.54. The molecule has 1 amide bonds. The Balaban J connectivity index is 3.49. The average Bonchev–Trinajstić information content (AvgIpc) is 1.67. The van der Waals surface area contributed by atoms with E-state index in [9.17, 15) is 4.79 Å². The lowest BCUT2D eigenvalue weighted by molar-refractivity contribution is -0.117. The largest absolute Gasteiger partial charge is 0.314 e. The van der Waals surface area contributed by atoms with Crippen molar-refractivity contribution in [2.24, 2.45) is 0 Å². The van der Waals surface area contributed by atoms with Gasteiger partial charge in [-0.2, -0.15) is 0 Å². The molecule has 0 fully saturated rings. The molecule has 0 heterocycles. The van der Waals surface area contributed by atoms with Crippen molar-refractivity contribution in [3.8, 4) is 0 Å². The van der Waals surface area contributed by atoms with Crippen LogP contribution < -0.4 is 5.32 Å². The molecule has 1 N–H and O–H groups in total. The number of hydrogen-bond acceptors (Lipinski definition) is 1. The quantitative estimate of drug-likeness (QED) is 0.409. The van der Waals surface area contributed by atoms with E-state index in [0.29, 0.717) is 12.1 Å². The van der Waals surface area contributed by atoms with Crippen LogP contribution in [0.15, 0.2) is 12.2 Å². The molecule has 0 aliphatic rings. The molecule has 2 nitrogen and oxygen atoms in total. The summed E-state index contributed by atoms with van der Waals surface area (Å²) in [4.78, 5) is 10.5. The molecule has 0 aromatic heterocycles. The lowest BCUT2D eigenvalue weighted by Gasteiger charge is -1.93. The zero-order valence-electron chi connectivity index (χ0n) is 5.03. The molecule has 0 aliphatic carbocycles. The van der Waals surface area contributed by atoms with Crippen molar-refractivity contribution < 1.29 is 4.79 Å². The van der Waals surface area contributed by atoms with Gasteiger partial charge in [0.15, 0.2) is 6.54 Å². The van der Waals surface area contributed by atoms with Gasteiger partial charge in [-0.3, -0.25) is 4.79 Å². The van der Waals surface area contributed by atoms with Gasteiger partial charge in [0, 0.05) is 5.57 Å². The van der Waals surface area contributed by atoms with Crippen LogP contribution in [0.4, 0.5) is 0 Å². The second-order valence-electron chi connectivity index (χ2n) is 1.54. The van der Waals surface area contributed by atoms with Crippen LogP contribution in [-0.2, 0) is 4.79 Å². The van der Waals surface area contributed by atoms with Gasteiger partial charge in [0.1, 0.15) is 0 Å².